The number of nitrogens with two attached hydrogens (primary N) is 1. The van der Waals surface area contributed by atoms with E-state index in [4.69, 9.17) is 10.5 Å². The molecule has 0 saturated carbocycles. The predicted molar refractivity (Wildman–Crippen MR) is 69.2 cm³/mol. The average Bonchev–Trinajstić information content (AvgIpc) is 2.36. The maximum absolute atomic E-state index is 13.4. The van der Waals surface area contributed by atoms with E-state index < -0.39 is 11.6 Å². The van der Waals surface area contributed by atoms with Crippen molar-refractivity contribution in [3.8, 4) is 5.75 Å². The Morgan fingerprint density at radius 3 is 2.39 bits per heavy atom. The van der Waals surface area contributed by atoms with Crippen molar-refractivity contribution in [2.75, 3.05) is 5.73 Å². The summed E-state index contributed by atoms with van der Waals surface area (Å²) in [5, 5.41) is 0. The third-order valence-corrected chi connectivity index (χ3v) is 2.91. The lowest BCUT2D eigenvalue weighted by atomic mass is 10.2. The van der Waals surface area contributed by atoms with Crippen LogP contribution in [0.3, 0.4) is 0 Å². The molecule has 0 bridgehead atoms. The number of hydrogen-bond acceptors (Lipinski definition) is 2. The van der Waals surface area contributed by atoms with E-state index in [1.54, 1.807) is 0 Å². The molecular formula is C13H10BrF2NO. The van der Waals surface area contributed by atoms with Crippen molar-refractivity contribution in [3.05, 3.63) is 58.1 Å². The minimum absolute atomic E-state index is 0.0750. The summed E-state index contributed by atoms with van der Waals surface area (Å²) in [6, 6.07) is 9.55. The molecule has 2 rings (SSSR count). The fourth-order valence-electron chi connectivity index (χ4n) is 1.43. The molecule has 0 amide bonds. The molecule has 0 unspecified atom stereocenters. The second kappa shape index (κ2) is 5.35. The third-order valence-electron chi connectivity index (χ3n) is 2.38. The Hall–Kier alpha value is -1.62. The SMILES string of the molecule is Nc1ccc(F)c(F)c1OCc1ccc(Br)cc1. The Balaban J connectivity index is 2.15. The van der Waals surface area contributed by atoms with Crippen LogP contribution in [0.5, 0.6) is 5.75 Å². The Morgan fingerprint density at radius 2 is 1.72 bits per heavy atom. The molecule has 0 radical (unpaired) electrons. The van der Waals surface area contributed by atoms with Crippen molar-refractivity contribution in [1.29, 1.82) is 0 Å². The number of rotatable bonds is 3. The number of ether oxygens (including phenoxy) is 1. The molecule has 0 spiro atoms. The normalized spacial score (nSPS) is 10.4. The maximum Gasteiger partial charge on any atom is 0.202 e. The molecule has 2 aromatic carbocycles. The van der Waals surface area contributed by atoms with Crippen LogP contribution in [0.2, 0.25) is 0 Å². The van der Waals surface area contributed by atoms with Crippen LogP contribution < -0.4 is 10.5 Å². The molecule has 0 fully saturated rings. The summed E-state index contributed by atoms with van der Waals surface area (Å²) in [6.45, 7) is 0.123. The highest BCUT2D eigenvalue weighted by molar-refractivity contribution is 9.10. The largest absolute Gasteiger partial charge is 0.484 e. The van der Waals surface area contributed by atoms with Gasteiger partial charge in [0.2, 0.25) is 5.82 Å². The van der Waals surface area contributed by atoms with Gasteiger partial charge in [-0.25, -0.2) is 4.39 Å². The molecule has 0 aliphatic rings. The van der Waals surface area contributed by atoms with E-state index in [9.17, 15) is 8.78 Å². The first kappa shape index (κ1) is 12.8. The molecule has 0 heterocycles. The fraction of sp³-hybridized carbons (Fsp3) is 0.0769. The zero-order valence-corrected chi connectivity index (χ0v) is 10.9. The van der Waals surface area contributed by atoms with Crippen molar-refractivity contribution in [1.82, 2.24) is 0 Å². The van der Waals surface area contributed by atoms with Crippen LogP contribution in [0.1, 0.15) is 5.56 Å². The molecular weight excluding hydrogens is 304 g/mol. The zero-order chi connectivity index (χ0) is 13.1. The van der Waals surface area contributed by atoms with Crippen molar-refractivity contribution >= 4 is 21.6 Å². The lowest BCUT2D eigenvalue weighted by molar-refractivity contribution is 0.286. The number of benzene rings is 2. The van der Waals surface area contributed by atoms with Gasteiger partial charge in [0.25, 0.3) is 0 Å². The number of anilines is 1. The standard InChI is InChI=1S/C13H10BrF2NO/c14-9-3-1-8(2-4-9)7-18-13-11(17)6-5-10(15)12(13)16/h1-6H,7,17H2. The van der Waals surface area contributed by atoms with Gasteiger partial charge in [0, 0.05) is 4.47 Å². The lowest BCUT2D eigenvalue weighted by Crippen LogP contribution is -2.02. The summed E-state index contributed by atoms with van der Waals surface area (Å²) in [7, 11) is 0. The van der Waals surface area contributed by atoms with Crippen LogP contribution in [-0.2, 0) is 6.61 Å². The Kier molecular flexibility index (Phi) is 3.81. The summed E-state index contributed by atoms with van der Waals surface area (Å²) >= 11 is 3.30. The number of nitrogen functional groups attached to an aromatic ring is 1. The maximum atomic E-state index is 13.4. The van der Waals surface area contributed by atoms with Gasteiger partial charge in [0.15, 0.2) is 11.6 Å². The fourth-order valence-corrected chi connectivity index (χ4v) is 1.69. The molecule has 0 aromatic heterocycles. The minimum atomic E-state index is -1.06. The first-order valence-electron chi connectivity index (χ1n) is 5.18. The van der Waals surface area contributed by atoms with Gasteiger partial charge in [-0.05, 0) is 29.8 Å². The highest BCUT2D eigenvalue weighted by Gasteiger charge is 2.13. The summed E-state index contributed by atoms with van der Waals surface area (Å²) < 4.78 is 32.6. The third kappa shape index (κ3) is 2.79. The van der Waals surface area contributed by atoms with Crippen LogP contribution in [0.25, 0.3) is 0 Å². The number of halogens is 3. The minimum Gasteiger partial charge on any atom is -0.484 e. The second-order valence-corrected chi connectivity index (χ2v) is 4.61. The monoisotopic (exact) mass is 313 g/mol. The van der Waals surface area contributed by atoms with Crippen molar-refractivity contribution in [2.24, 2.45) is 0 Å². The molecule has 18 heavy (non-hydrogen) atoms. The van der Waals surface area contributed by atoms with Crippen LogP contribution in [-0.4, -0.2) is 0 Å². The summed E-state index contributed by atoms with van der Waals surface area (Å²) in [5.41, 5.74) is 6.45. The van der Waals surface area contributed by atoms with E-state index in [1.165, 1.54) is 6.07 Å². The van der Waals surface area contributed by atoms with Gasteiger partial charge in [-0.15, -0.1) is 0 Å². The summed E-state index contributed by atoms with van der Waals surface area (Å²) in [4.78, 5) is 0. The molecule has 2 nitrogen and oxygen atoms in total. The van der Waals surface area contributed by atoms with E-state index in [0.717, 1.165) is 16.1 Å². The second-order valence-electron chi connectivity index (χ2n) is 3.69. The quantitative estimate of drug-likeness (QED) is 0.873. The summed E-state index contributed by atoms with van der Waals surface area (Å²) in [6.07, 6.45) is 0. The Morgan fingerprint density at radius 1 is 1.06 bits per heavy atom. The highest BCUT2D eigenvalue weighted by atomic mass is 79.9. The van der Waals surface area contributed by atoms with Gasteiger partial charge in [-0.2, -0.15) is 4.39 Å². The molecule has 2 aromatic rings. The zero-order valence-electron chi connectivity index (χ0n) is 9.29. The first-order valence-corrected chi connectivity index (χ1v) is 5.98. The van der Waals surface area contributed by atoms with Crippen LogP contribution in [0.15, 0.2) is 40.9 Å². The highest BCUT2D eigenvalue weighted by Crippen LogP contribution is 2.28. The average molecular weight is 314 g/mol. The molecule has 0 atom stereocenters. The van der Waals surface area contributed by atoms with Gasteiger partial charge in [-0.3, -0.25) is 0 Å². The predicted octanol–water partition coefficient (Wildman–Crippen LogP) is 3.89. The van der Waals surface area contributed by atoms with Gasteiger partial charge in [0.05, 0.1) is 5.69 Å². The molecule has 5 heteroatoms. The van der Waals surface area contributed by atoms with E-state index in [2.05, 4.69) is 15.9 Å². The van der Waals surface area contributed by atoms with Crippen LogP contribution >= 0.6 is 15.9 Å². The van der Waals surface area contributed by atoms with Crippen LogP contribution in [0, 0.1) is 11.6 Å². The van der Waals surface area contributed by atoms with E-state index in [1.807, 2.05) is 24.3 Å². The van der Waals surface area contributed by atoms with Gasteiger partial charge in [-0.1, -0.05) is 28.1 Å². The Labute approximate surface area is 112 Å². The van der Waals surface area contributed by atoms with Crippen molar-refractivity contribution in [2.45, 2.75) is 6.61 Å². The Bertz CT molecular complexity index is 558. The molecule has 0 aliphatic heterocycles. The van der Waals surface area contributed by atoms with Gasteiger partial charge in [0.1, 0.15) is 6.61 Å². The molecule has 94 valence electrons. The first-order chi connectivity index (χ1) is 8.58. The van der Waals surface area contributed by atoms with Crippen molar-refractivity contribution < 1.29 is 13.5 Å². The molecule has 0 saturated heterocycles. The van der Waals surface area contributed by atoms with E-state index in [-0.39, 0.29) is 18.0 Å². The topological polar surface area (TPSA) is 35.2 Å². The van der Waals surface area contributed by atoms with Gasteiger partial charge < -0.3 is 10.5 Å². The van der Waals surface area contributed by atoms with E-state index in [0.29, 0.717) is 0 Å². The van der Waals surface area contributed by atoms with E-state index >= 15 is 0 Å². The molecule has 0 aliphatic carbocycles. The number of hydrogen-bond donors (Lipinski definition) is 1. The van der Waals surface area contributed by atoms with Crippen LogP contribution in [0.4, 0.5) is 14.5 Å². The molecule has 2 N–H and O–H groups in total. The summed E-state index contributed by atoms with van der Waals surface area (Å²) in [5.74, 6) is -2.29. The lowest BCUT2D eigenvalue weighted by Gasteiger charge is -2.10. The van der Waals surface area contributed by atoms with Crippen molar-refractivity contribution in [3.63, 3.8) is 0 Å². The smallest absolute Gasteiger partial charge is 0.202 e. The van der Waals surface area contributed by atoms with Gasteiger partial charge >= 0.3 is 0 Å².